The van der Waals surface area contributed by atoms with Crippen molar-refractivity contribution in [3.63, 3.8) is 0 Å². The number of nitrogens with zero attached hydrogens (tertiary/aromatic N) is 3. The molecule has 0 N–H and O–H groups in total. The Morgan fingerprint density at radius 3 is 2.41 bits per heavy atom. The Labute approximate surface area is 189 Å². The maximum atomic E-state index is 5.11. The average Bonchev–Trinajstić information content (AvgIpc) is 3.46. The van der Waals surface area contributed by atoms with Crippen LogP contribution < -0.4 is 0 Å². The van der Waals surface area contributed by atoms with Crippen LogP contribution in [0.2, 0.25) is 0 Å². The van der Waals surface area contributed by atoms with Gasteiger partial charge in [0.2, 0.25) is 5.78 Å². The van der Waals surface area contributed by atoms with Crippen molar-refractivity contribution in [3.05, 3.63) is 84.9 Å². The Bertz CT molecular complexity index is 1810. The Kier molecular flexibility index (Phi) is 3.62. The smallest absolute Gasteiger partial charge is 0.216 e. The molecule has 154 valence electrons. The van der Waals surface area contributed by atoms with Crippen molar-refractivity contribution in [1.82, 2.24) is 14.0 Å². The van der Waals surface area contributed by atoms with E-state index in [1.807, 2.05) is 11.3 Å². The van der Waals surface area contributed by atoms with E-state index in [9.17, 15) is 0 Å². The Morgan fingerprint density at radius 2 is 1.53 bits per heavy atom. The predicted octanol–water partition coefficient (Wildman–Crippen LogP) is 8.06. The highest BCUT2D eigenvalue weighted by atomic mass is 32.1. The third-order valence-corrected chi connectivity index (χ3v) is 7.69. The standard InChI is InChI=1S/C28H21N3S/c1-17(2)30-24-11-4-5-12-25(24)31-23-15-14-18(16-22(23)29-28(30)31)19-9-7-10-21-20-8-3-6-13-26(20)32-27(19)21/h3-17H,1-2H3. The van der Waals surface area contributed by atoms with Crippen molar-refractivity contribution >= 4 is 59.4 Å². The van der Waals surface area contributed by atoms with Gasteiger partial charge in [-0.15, -0.1) is 11.3 Å². The minimum Gasteiger partial charge on any atom is -0.307 e. The van der Waals surface area contributed by atoms with Gasteiger partial charge in [-0.3, -0.25) is 4.40 Å². The molecule has 0 saturated heterocycles. The molecule has 3 heterocycles. The molecule has 0 saturated carbocycles. The molecule has 4 aromatic carbocycles. The number of para-hydroxylation sites is 2. The van der Waals surface area contributed by atoms with E-state index in [1.165, 1.54) is 42.3 Å². The van der Waals surface area contributed by atoms with E-state index in [0.717, 1.165) is 16.8 Å². The van der Waals surface area contributed by atoms with Crippen LogP contribution in [0.3, 0.4) is 0 Å². The van der Waals surface area contributed by atoms with Gasteiger partial charge in [0.25, 0.3) is 0 Å². The van der Waals surface area contributed by atoms with Crippen molar-refractivity contribution in [1.29, 1.82) is 0 Å². The SMILES string of the molecule is CC(C)n1c2ccccc2n2c3ccc(-c4cccc5c4sc4ccccc45)cc3nc12. The van der Waals surface area contributed by atoms with Gasteiger partial charge in [-0.1, -0.05) is 54.6 Å². The summed E-state index contributed by atoms with van der Waals surface area (Å²) >= 11 is 1.87. The van der Waals surface area contributed by atoms with Gasteiger partial charge in [0, 0.05) is 26.2 Å². The Hall–Kier alpha value is -3.63. The monoisotopic (exact) mass is 431 g/mol. The van der Waals surface area contributed by atoms with E-state index in [1.54, 1.807) is 0 Å². The van der Waals surface area contributed by atoms with Crippen LogP contribution in [-0.4, -0.2) is 14.0 Å². The maximum Gasteiger partial charge on any atom is 0.216 e. The largest absolute Gasteiger partial charge is 0.307 e. The number of hydrogen-bond acceptors (Lipinski definition) is 2. The van der Waals surface area contributed by atoms with Crippen LogP contribution in [0.15, 0.2) is 84.9 Å². The first-order valence-electron chi connectivity index (χ1n) is 11.0. The normalized spacial score (nSPS) is 12.3. The molecule has 0 fully saturated rings. The fourth-order valence-electron chi connectivity index (χ4n) is 5.08. The van der Waals surface area contributed by atoms with Gasteiger partial charge in [0.15, 0.2) is 0 Å². The van der Waals surface area contributed by atoms with Crippen LogP contribution in [0, 0.1) is 0 Å². The second-order valence-corrected chi connectivity index (χ2v) is 9.74. The van der Waals surface area contributed by atoms with Crippen LogP contribution in [0.25, 0.3) is 59.1 Å². The van der Waals surface area contributed by atoms with Crippen LogP contribution in [-0.2, 0) is 0 Å². The minimum absolute atomic E-state index is 0.334. The molecule has 0 aliphatic carbocycles. The second kappa shape index (κ2) is 6.44. The van der Waals surface area contributed by atoms with Crippen molar-refractivity contribution in [3.8, 4) is 11.1 Å². The zero-order chi connectivity index (χ0) is 21.4. The van der Waals surface area contributed by atoms with Gasteiger partial charge in [-0.2, -0.15) is 0 Å². The molecule has 7 aromatic rings. The van der Waals surface area contributed by atoms with Crippen LogP contribution in [0.1, 0.15) is 19.9 Å². The summed E-state index contributed by atoms with van der Waals surface area (Å²) in [6, 6.07) is 31.0. The van der Waals surface area contributed by atoms with Gasteiger partial charge in [-0.25, -0.2) is 4.98 Å². The van der Waals surface area contributed by atoms with Gasteiger partial charge in [0.05, 0.1) is 22.1 Å². The summed E-state index contributed by atoms with van der Waals surface area (Å²) in [5, 5.41) is 2.66. The third kappa shape index (κ3) is 2.33. The van der Waals surface area contributed by atoms with E-state index in [2.05, 4.69) is 108 Å². The number of thiophene rings is 1. The quantitative estimate of drug-likeness (QED) is 0.271. The van der Waals surface area contributed by atoms with Gasteiger partial charge < -0.3 is 4.57 Å². The first kappa shape index (κ1) is 18.0. The summed E-state index contributed by atoms with van der Waals surface area (Å²) in [6.45, 7) is 4.44. The molecule has 3 aromatic heterocycles. The first-order valence-corrected chi connectivity index (χ1v) is 11.8. The lowest BCUT2D eigenvalue weighted by molar-refractivity contribution is 0.633. The highest BCUT2D eigenvalue weighted by Gasteiger charge is 2.18. The first-order chi connectivity index (χ1) is 15.7. The van der Waals surface area contributed by atoms with Crippen molar-refractivity contribution in [2.24, 2.45) is 0 Å². The molecule has 7 rings (SSSR count). The Morgan fingerprint density at radius 1 is 0.750 bits per heavy atom. The molecule has 0 spiro atoms. The summed E-state index contributed by atoms with van der Waals surface area (Å²) in [7, 11) is 0. The lowest BCUT2D eigenvalue weighted by Crippen LogP contribution is -2.00. The molecule has 4 heteroatoms. The fraction of sp³-hybridized carbons (Fsp3) is 0.107. The molecular formula is C28H21N3S. The average molecular weight is 432 g/mol. The summed E-state index contributed by atoms with van der Waals surface area (Å²) in [5.41, 5.74) is 7.12. The summed E-state index contributed by atoms with van der Waals surface area (Å²) in [6.07, 6.45) is 0. The van der Waals surface area contributed by atoms with Gasteiger partial charge in [0.1, 0.15) is 0 Å². The third-order valence-electron chi connectivity index (χ3n) is 6.47. The zero-order valence-corrected chi connectivity index (χ0v) is 18.7. The summed E-state index contributed by atoms with van der Waals surface area (Å²) in [4.78, 5) is 5.11. The number of fused-ring (bicyclic) bond motifs is 8. The van der Waals surface area contributed by atoms with Crippen LogP contribution in [0.4, 0.5) is 0 Å². The van der Waals surface area contributed by atoms with Crippen molar-refractivity contribution in [2.75, 3.05) is 0 Å². The van der Waals surface area contributed by atoms with Crippen LogP contribution >= 0.6 is 11.3 Å². The topological polar surface area (TPSA) is 22.2 Å². The lowest BCUT2D eigenvalue weighted by Gasteiger charge is -2.08. The van der Waals surface area contributed by atoms with Crippen LogP contribution in [0.5, 0.6) is 0 Å². The molecule has 0 amide bonds. The molecular weight excluding hydrogens is 410 g/mol. The van der Waals surface area contributed by atoms with E-state index < -0.39 is 0 Å². The number of imidazole rings is 2. The van der Waals surface area contributed by atoms with E-state index in [4.69, 9.17) is 4.98 Å². The molecule has 3 nitrogen and oxygen atoms in total. The van der Waals surface area contributed by atoms with E-state index >= 15 is 0 Å². The zero-order valence-electron chi connectivity index (χ0n) is 17.9. The summed E-state index contributed by atoms with van der Waals surface area (Å²) < 4.78 is 7.31. The molecule has 0 aliphatic rings. The number of benzene rings is 4. The predicted molar refractivity (Wildman–Crippen MR) is 137 cm³/mol. The summed E-state index contributed by atoms with van der Waals surface area (Å²) in [5.74, 6) is 1.01. The minimum atomic E-state index is 0.334. The molecule has 0 aliphatic heterocycles. The molecule has 0 radical (unpaired) electrons. The lowest BCUT2D eigenvalue weighted by atomic mass is 10.0. The van der Waals surface area contributed by atoms with E-state index in [-0.39, 0.29) is 0 Å². The van der Waals surface area contributed by atoms with Crippen molar-refractivity contribution in [2.45, 2.75) is 19.9 Å². The highest BCUT2D eigenvalue weighted by Crippen LogP contribution is 2.40. The second-order valence-electron chi connectivity index (χ2n) is 8.68. The number of rotatable bonds is 2. The molecule has 0 bridgehead atoms. The maximum absolute atomic E-state index is 5.11. The Balaban J connectivity index is 1.52. The molecule has 0 unspecified atom stereocenters. The molecule has 0 atom stereocenters. The fourth-order valence-corrected chi connectivity index (χ4v) is 6.32. The van der Waals surface area contributed by atoms with Gasteiger partial charge >= 0.3 is 0 Å². The van der Waals surface area contributed by atoms with Crippen molar-refractivity contribution < 1.29 is 0 Å². The number of aromatic nitrogens is 3. The molecule has 32 heavy (non-hydrogen) atoms. The highest BCUT2D eigenvalue weighted by molar-refractivity contribution is 7.26. The van der Waals surface area contributed by atoms with E-state index in [0.29, 0.717) is 6.04 Å². The van der Waals surface area contributed by atoms with Gasteiger partial charge in [-0.05, 0) is 55.3 Å². The number of hydrogen-bond donors (Lipinski definition) is 0.